The van der Waals surface area contributed by atoms with Gasteiger partial charge in [0, 0.05) is 16.9 Å². The van der Waals surface area contributed by atoms with Crippen LogP contribution in [-0.2, 0) is 16.1 Å². The predicted molar refractivity (Wildman–Crippen MR) is 148 cm³/mol. The van der Waals surface area contributed by atoms with E-state index in [1.807, 2.05) is 6.08 Å². The molecule has 0 radical (unpaired) electrons. The Morgan fingerprint density at radius 1 is 0.900 bits per heavy atom. The second kappa shape index (κ2) is 8.55. The molecular weight excluding hydrogens is 510 g/mol. The summed E-state index contributed by atoms with van der Waals surface area (Å²) in [6.45, 7) is 6.99. The minimum atomic E-state index is -1.30. The van der Waals surface area contributed by atoms with E-state index in [2.05, 4.69) is 0 Å². The highest BCUT2D eigenvalue weighted by Crippen LogP contribution is 2.67. The van der Waals surface area contributed by atoms with Crippen molar-refractivity contribution >= 4 is 11.6 Å². The van der Waals surface area contributed by atoms with Gasteiger partial charge in [-0.3, -0.25) is 9.59 Å². The predicted octanol–water partition coefficient (Wildman–Crippen LogP) is 3.68. The van der Waals surface area contributed by atoms with Gasteiger partial charge in [-0.05, 0) is 61.3 Å². The number of nitrogens with zero attached hydrogens (tertiary/aromatic N) is 3. The maximum Gasteiger partial charge on any atom is 0.352 e. The fourth-order valence-corrected chi connectivity index (χ4v) is 7.31. The van der Waals surface area contributed by atoms with Crippen molar-refractivity contribution in [1.82, 2.24) is 13.9 Å². The quantitative estimate of drug-likeness (QED) is 0.507. The Labute approximate surface area is 230 Å². The van der Waals surface area contributed by atoms with E-state index in [1.165, 1.54) is 22.5 Å². The highest BCUT2D eigenvalue weighted by Gasteiger charge is 2.67. The number of rotatable bonds is 3. The SMILES string of the molecule is COc1cccc(O)c1[C@H]1C2=CCn3c(=O)n(-c4ccccc4)c(=O)n3[C@@H]2C[C@@]2(C)C(=O)C(C)=C(C)C(=O)[C@@]12C. The second-order valence-electron chi connectivity index (χ2n) is 11.4. The number of benzene rings is 2. The number of aromatic hydroxyl groups is 1. The van der Waals surface area contributed by atoms with Crippen molar-refractivity contribution in [3.05, 3.63) is 97.9 Å². The van der Waals surface area contributed by atoms with Crippen molar-refractivity contribution < 1.29 is 19.4 Å². The van der Waals surface area contributed by atoms with Crippen molar-refractivity contribution in [2.75, 3.05) is 7.11 Å². The van der Waals surface area contributed by atoms with E-state index in [0.717, 1.165) is 4.57 Å². The number of phenols is 1. The van der Waals surface area contributed by atoms with Crippen LogP contribution in [0.25, 0.3) is 5.69 Å². The Bertz CT molecular complexity index is 1790. The Balaban J connectivity index is 1.68. The topological polar surface area (TPSA) is 113 Å². The lowest BCUT2D eigenvalue weighted by Crippen LogP contribution is -2.61. The van der Waals surface area contributed by atoms with Crippen LogP contribution in [0.3, 0.4) is 0 Å². The molecule has 2 aliphatic carbocycles. The molecule has 0 spiro atoms. The summed E-state index contributed by atoms with van der Waals surface area (Å²) < 4.78 is 9.62. The van der Waals surface area contributed by atoms with Gasteiger partial charge in [0.2, 0.25) is 0 Å². The number of carbonyl (C=O) groups is 2. The van der Waals surface area contributed by atoms with Gasteiger partial charge in [-0.2, -0.15) is 0 Å². The van der Waals surface area contributed by atoms with Gasteiger partial charge >= 0.3 is 11.4 Å². The molecule has 1 fully saturated rings. The number of allylic oxidation sites excluding steroid dienone is 4. The van der Waals surface area contributed by atoms with Gasteiger partial charge in [0.15, 0.2) is 11.6 Å². The van der Waals surface area contributed by atoms with Gasteiger partial charge in [0.05, 0.1) is 30.8 Å². The van der Waals surface area contributed by atoms with E-state index in [9.17, 15) is 24.3 Å². The molecule has 1 N–H and O–H groups in total. The number of aromatic nitrogens is 3. The summed E-state index contributed by atoms with van der Waals surface area (Å²) >= 11 is 0. The molecular formula is C31H31N3O6. The number of fused-ring (bicyclic) bond motifs is 4. The van der Waals surface area contributed by atoms with Crippen LogP contribution >= 0.6 is 0 Å². The van der Waals surface area contributed by atoms with E-state index >= 15 is 0 Å². The molecule has 1 aliphatic heterocycles. The zero-order valence-electron chi connectivity index (χ0n) is 23.1. The Hall–Kier alpha value is -4.40. The molecule has 206 valence electrons. The van der Waals surface area contributed by atoms with Crippen LogP contribution < -0.4 is 16.1 Å². The molecule has 0 unspecified atom stereocenters. The third-order valence-corrected chi connectivity index (χ3v) is 9.68. The molecule has 0 bridgehead atoms. The van der Waals surface area contributed by atoms with Gasteiger partial charge in [-0.15, -0.1) is 0 Å². The smallest absolute Gasteiger partial charge is 0.352 e. The highest BCUT2D eigenvalue weighted by atomic mass is 16.5. The van der Waals surface area contributed by atoms with Crippen LogP contribution in [0.5, 0.6) is 11.5 Å². The first-order valence-corrected chi connectivity index (χ1v) is 13.3. The number of phenolic OH excluding ortho intramolecular Hbond substituents is 1. The second-order valence-corrected chi connectivity index (χ2v) is 11.4. The minimum absolute atomic E-state index is 0.0733. The third kappa shape index (κ3) is 3.03. The number of hydrogen-bond donors (Lipinski definition) is 1. The number of carbonyl (C=O) groups excluding carboxylic acids is 2. The van der Waals surface area contributed by atoms with Gasteiger partial charge in [0.1, 0.15) is 11.5 Å². The van der Waals surface area contributed by atoms with E-state index in [-0.39, 0.29) is 30.3 Å². The maximum absolute atomic E-state index is 14.3. The summed E-state index contributed by atoms with van der Waals surface area (Å²) in [5, 5.41) is 11.2. The summed E-state index contributed by atoms with van der Waals surface area (Å²) in [4.78, 5) is 55.9. The number of para-hydroxylation sites is 1. The average Bonchev–Trinajstić information content (AvgIpc) is 3.21. The molecule has 6 rings (SSSR count). The molecule has 4 atom stereocenters. The first-order valence-electron chi connectivity index (χ1n) is 13.3. The maximum atomic E-state index is 14.3. The Kier molecular flexibility index (Phi) is 5.53. The molecule has 1 aromatic heterocycles. The van der Waals surface area contributed by atoms with Gasteiger partial charge in [0.25, 0.3) is 0 Å². The number of ketones is 2. The van der Waals surface area contributed by atoms with E-state index in [0.29, 0.717) is 33.7 Å². The van der Waals surface area contributed by atoms with E-state index < -0.39 is 34.2 Å². The van der Waals surface area contributed by atoms with Crippen LogP contribution in [-0.4, -0.2) is 37.7 Å². The molecule has 9 nitrogen and oxygen atoms in total. The fourth-order valence-electron chi connectivity index (χ4n) is 7.31. The molecule has 9 heteroatoms. The monoisotopic (exact) mass is 541 g/mol. The first kappa shape index (κ1) is 25.9. The summed E-state index contributed by atoms with van der Waals surface area (Å²) in [5.41, 5.74) is -1.25. The van der Waals surface area contributed by atoms with Crippen molar-refractivity contribution in [2.45, 2.75) is 52.6 Å². The molecule has 0 saturated heterocycles. The molecule has 2 aromatic carbocycles. The largest absolute Gasteiger partial charge is 0.508 e. The van der Waals surface area contributed by atoms with E-state index in [4.69, 9.17) is 4.74 Å². The van der Waals surface area contributed by atoms with Crippen molar-refractivity contribution in [1.29, 1.82) is 0 Å². The van der Waals surface area contributed by atoms with Crippen LogP contribution in [0, 0.1) is 10.8 Å². The van der Waals surface area contributed by atoms with Crippen molar-refractivity contribution in [3.8, 4) is 17.2 Å². The Morgan fingerprint density at radius 2 is 1.57 bits per heavy atom. The average molecular weight is 542 g/mol. The number of ether oxygens (including phenoxy) is 1. The zero-order valence-corrected chi connectivity index (χ0v) is 23.1. The standard InChI is InChI=1S/C31H31N3O6/c1-17-18(2)27(37)31(4)25(24-22(35)12-9-13-23(24)40-5)20-14-15-32-28(38)33(19-10-7-6-8-11-19)29(39)34(32)21(20)16-30(31,3)26(17)36/h6-14,21,25,35H,15-16H2,1-5H3/t21-,25-,30+,31-/m1/s1. The normalized spacial score (nSPS) is 27.6. The zero-order chi connectivity index (χ0) is 28.7. The summed E-state index contributed by atoms with van der Waals surface area (Å²) in [6.07, 6.45) is 2.00. The fraction of sp³-hybridized carbons (Fsp3) is 0.355. The van der Waals surface area contributed by atoms with Crippen molar-refractivity contribution in [3.63, 3.8) is 0 Å². The first-order chi connectivity index (χ1) is 19.0. The van der Waals surface area contributed by atoms with Crippen LogP contribution in [0.15, 0.2) is 80.9 Å². The molecule has 3 aromatic rings. The highest BCUT2D eigenvalue weighted by molar-refractivity contribution is 6.17. The molecule has 0 amide bonds. The number of Topliss-reactive ketones (excluding diaryl/α,β-unsaturated/α-hetero) is 2. The van der Waals surface area contributed by atoms with Crippen molar-refractivity contribution in [2.24, 2.45) is 10.8 Å². The van der Waals surface area contributed by atoms with Crippen LogP contribution in [0.4, 0.5) is 0 Å². The van der Waals surface area contributed by atoms with Crippen LogP contribution in [0.1, 0.15) is 51.6 Å². The summed E-state index contributed by atoms with van der Waals surface area (Å²) in [7, 11) is 1.49. The van der Waals surface area contributed by atoms with Gasteiger partial charge in [-0.25, -0.2) is 23.5 Å². The number of methoxy groups -OCH3 is 1. The van der Waals surface area contributed by atoms with E-state index in [1.54, 1.807) is 70.2 Å². The summed E-state index contributed by atoms with van der Waals surface area (Å²) in [6, 6.07) is 12.9. The van der Waals surface area contributed by atoms with Gasteiger partial charge in [-0.1, -0.05) is 44.2 Å². The lowest BCUT2D eigenvalue weighted by atomic mass is 9.43. The molecule has 2 heterocycles. The lowest BCUT2D eigenvalue weighted by molar-refractivity contribution is -0.151. The van der Waals surface area contributed by atoms with Gasteiger partial charge < -0.3 is 9.84 Å². The minimum Gasteiger partial charge on any atom is -0.508 e. The lowest BCUT2D eigenvalue weighted by Gasteiger charge is -2.58. The third-order valence-electron chi connectivity index (χ3n) is 9.68. The Morgan fingerprint density at radius 3 is 2.25 bits per heavy atom. The molecule has 3 aliphatic rings. The molecule has 1 saturated carbocycles. The van der Waals surface area contributed by atoms with Crippen LogP contribution in [0.2, 0.25) is 0 Å². The summed E-state index contributed by atoms with van der Waals surface area (Å²) in [5.74, 6) is -0.866. The number of hydrogen-bond acceptors (Lipinski definition) is 6. The molecule has 40 heavy (non-hydrogen) atoms.